The number of hydrogen-bond acceptors (Lipinski definition) is 8. The first-order valence-electron chi connectivity index (χ1n) is 8.90. The minimum atomic E-state index is -0.462. The van der Waals surface area contributed by atoms with E-state index in [2.05, 4.69) is 20.3 Å². The third-order valence-corrected chi connectivity index (χ3v) is 5.31. The summed E-state index contributed by atoms with van der Waals surface area (Å²) in [6.45, 7) is 2.49. The molecule has 0 atom stereocenters. The number of hydrogen-bond donors (Lipinski definition) is 1. The molecular formula is C20H18N6O2S. The predicted molar refractivity (Wildman–Crippen MR) is 115 cm³/mol. The van der Waals surface area contributed by atoms with E-state index in [0.29, 0.717) is 11.7 Å². The molecule has 4 rings (SSSR count). The van der Waals surface area contributed by atoms with Gasteiger partial charge in [0.1, 0.15) is 6.33 Å². The number of thiazole rings is 1. The van der Waals surface area contributed by atoms with E-state index in [0.717, 1.165) is 21.3 Å². The minimum Gasteiger partial charge on any atom is -0.349 e. The van der Waals surface area contributed by atoms with Crippen LogP contribution in [0.15, 0.2) is 54.9 Å². The maximum Gasteiger partial charge on any atom is 0.353 e. The highest BCUT2D eigenvalue weighted by Gasteiger charge is 2.26. The second-order valence-electron chi connectivity index (χ2n) is 6.61. The molecule has 2 aromatic heterocycles. The van der Waals surface area contributed by atoms with Crippen LogP contribution in [0.25, 0.3) is 10.2 Å². The second kappa shape index (κ2) is 7.80. The molecule has 0 bridgehead atoms. The van der Waals surface area contributed by atoms with E-state index in [9.17, 15) is 10.1 Å². The van der Waals surface area contributed by atoms with E-state index in [1.54, 1.807) is 11.9 Å². The third kappa shape index (κ3) is 3.99. The number of nitro groups is 1. The van der Waals surface area contributed by atoms with Crippen molar-refractivity contribution in [2.45, 2.75) is 13.5 Å². The summed E-state index contributed by atoms with van der Waals surface area (Å²) in [5.41, 5.74) is 2.81. The monoisotopic (exact) mass is 406 g/mol. The van der Waals surface area contributed by atoms with Crippen molar-refractivity contribution < 1.29 is 4.92 Å². The lowest BCUT2D eigenvalue weighted by Crippen LogP contribution is -2.20. The number of anilines is 3. The molecule has 0 aliphatic rings. The molecule has 2 aromatic carbocycles. The van der Waals surface area contributed by atoms with E-state index in [4.69, 9.17) is 0 Å². The van der Waals surface area contributed by atoms with Gasteiger partial charge >= 0.3 is 5.69 Å². The standard InChI is InChI=1S/C20H18N6O2S/c1-13-8-9-15-16(10-13)29-20(23-15)24-18-17(26(27)28)19(22-12-21-18)25(2)11-14-6-4-3-5-7-14/h3-10,12H,11H2,1-2H3,(H,21,22,23,24). The Balaban J connectivity index is 1.68. The first-order valence-corrected chi connectivity index (χ1v) is 9.71. The Labute approximate surface area is 171 Å². The maximum atomic E-state index is 11.8. The SMILES string of the molecule is Cc1ccc2nc(Nc3ncnc(N(C)Cc4ccccc4)c3[N+](=O)[O-])sc2c1. The van der Waals surface area contributed by atoms with Crippen molar-refractivity contribution in [2.75, 3.05) is 17.3 Å². The summed E-state index contributed by atoms with van der Waals surface area (Å²) in [6, 6.07) is 15.7. The van der Waals surface area contributed by atoms with Gasteiger partial charge in [0.2, 0.25) is 11.6 Å². The van der Waals surface area contributed by atoms with Crippen LogP contribution < -0.4 is 10.2 Å². The Morgan fingerprint density at radius 1 is 1.17 bits per heavy atom. The van der Waals surface area contributed by atoms with Gasteiger partial charge in [-0.05, 0) is 30.2 Å². The van der Waals surface area contributed by atoms with Crippen molar-refractivity contribution in [3.05, 3.63) is 76.1 Å². The van der Waals surface area contributed by atoms with Gasteiger partial charge in [-0.15, -0.1) is 0 Å². The zero-order valence-electron chi connectivity index (χ0n) is 15.9. The fraction of sp³-hybridized carbons (Fsp3) is 0.150. The molecule has 8 nitrogen and oxygen atoms in total. The highest BCUT2D eigenvalue weighted by Crippen LogP contribution is 2.35. The molecule has 0 fully saturated rings. The molecular weight excluding hydrogens is 388 g/mol. The minimum absolute atomic E-state index is 0.121. The van der Waals surface area contributed by atoms with Gasteiger partial charge in [-0.25, -0.2) is 15.0 Å². The van der Waals surface area contributed by atoms with Crippen molar-refractivity contribution in [3.8, 4) is 0 Å². The van der Waals surface area contributed by atoms with Crippen molar-refractivity contribution in [3.63, 3.8) is 0 Å². The topological polar surface area (TPSA) is 97.1 Å². The molecule has 4 aromatic rings. The van der Waals surface area contributed by atoms with Gasteiger partial charge < -0.3 is 10.2 Å². The molecule has 0 unspecified atom stereocenters. The zero-order valence-corrected chi connectivity index (χ0v) is 16.7. The van der Waals surface area contributed by atoms with Crippen LogP contribution in [0.3, 0.4) is 0 Å². The maximum absolute atomic E-state index is 11.8. The van der Waals surface area contributed by atoms with Gasteiger partial charge in [-0.2, -0.15) is 0 Å². The molecule has 0 spiro atoms. The number of rotatable bonds is 6. The summed E-state index contributed by atoms with van der Waals surface area (Å²) >= 11 is 1.42. The first kappa shape index (κ1) is 18.8. The molecule has 2 heterocycles. The lowest BCUT2D eigenvalue weighted by atomic mass is 10.2. The second-order valence-corrected chi connectivity index (χ2v) is 7.64. The fourth-order valence-electron chi connectivity index (χ4n) is 3.03. The van der Waals surface area contributed by atoms with Crippen molar-refractivity contribution >= 4 is 44.0 Å². The third-order valence-electron chi connectivity index (χ3n) is 4.38. The summed E-state index contributed by atoms with van der Waals surface area (Å²) < 4.78 is 1.01. The predicted octanol–water partition coefficient (Wildman–Crippen LogP) is 4.68. The largest absolute Gasteiger partial charge is 0.353 e. The molecule has 0 radical (unpaired) electrons. The number of nitrogens with one attached hydrogen (secondary N) is 1. The van der Waals surface area contributed by atoms with Gasteiger partial charge in [0.05, 0.1) is 15.1 Å². The van der Waals surface area contributed by atoms with Crippen LogP contribution in [-0.4, -0.2) is 26.9 Å². The Morgan fingerprint density at radius 2 is 1.97 bits per heavy atom. The number of aryl methyl sites for hydroxylation is 1. The van der Waals surface area contributed by atoms with E-state index in [-0.39, 0.29) is 17.3 Å². The zero-order chi connectivity index (χ0) is 20.4. The molecule has 0 saturated carbocycles. The van der Waals surface area contributed by atoms with Crippen LogP contribution in [0.2, 0.25) is 0 Å². The van der Waals surface area contributed by atoms with Gasteiger partial charge in [-0.1, -0.05) is 47.7 Å². The summed E-state index contributed by atoms with van der Waals surface area (Å²) in [5, 5.41) is 15.4. The summed E-state index contributed by atoms with van der Waals surface area (Å²) in [6.07, 6.45) is 1.32. The number of nitrogens with zero attached hydrogens (tertiary/aromatic N) is 5. The van der Waals surface area contributed by atoms with Crippen molar-refractivity contribution in [1.29, 1.82) is 0 Å². The summed E-state index contributed by atoms with van der Waals surface area (Å²) in [4.78, 5) is 25.9. The summed E-state index contributed by atoms with van der Waals surface area (Å²) in [5.74, 6) is 0.365. The Morgan fingerprint density at radius 3 is 2.72 bits per heavy atom. The normalized spacial score (nSPS) is 10.8. The quantitative estimate of drug-likeness (QED) is 0.367. The molecule has 0 aliphatic carbocycles. The lowest BCUT2D eigenvalue weighted by molar-refractivity contribution is -0.383. The van der Waals surface area contributed by atoms with E-state index in [1.165, 1.54) is 17.7 Å². The molecule has 0 saturated heterocycles. The molecule has 1 N–H and O–H groups in total. The van der Waals surface area contributed by atoms with Crippen LogP contribution in [0.4, 0.5) is 22.5 Å². The Hall–Kier alpha value is -3.59. The van der Waals surface area contributed by atoms with Crippen molar-refractivity contribution in [1.82, 2.24) is 15.0 Å². The van der Waals surface area contributed by atoms with E-state index < -0.39 is 4.92 Å². The van der Waals surface area contributed by atoms with Gasteiger partial charge in [0.25, 0.3) is 0 Å². The fourth-order valence-corrected chi connectivity index (χ4v) is 3.99. The van der Waals surface area contributed by atoms with Crippen LogP contribution in [0.5, 0.6) is 0 Å². The highest BCUT2D eigenvalue weighted by atomic mass is 32.1. The van der Waals surface area contributed by atoms with Crippen LogP contribution in [0, 0.1) is 17.0 Å². The first-order chi connectivity index (χ1) is 14.0. The van der Waals surface area contributed by atoms with E-state index >= 15 is 0 Å². The summed E-state index contributed by atoms with van der Waals surface area (Å²) in [7, 11) is 1.77. The van der Waals surface area contributed by atoms with Gasteiger partial charge in [0, 0.05) is 13.6 Å². The average molecular weight is 406 g/mol. The molecule has 29 heavy (non-hydrogen) atoms. The highest BCUT2D eigenvalue weighted by molar-refractivity contribution is 7.22. The molecule has 0 amide bonds. The van der Waals surface area contributed by atoms with Crippen molar-refractivity contribution in [2.24, 2.45) is 0 Å². The number of aromatic nitrogens is 3. The molecule has 0 aliphatic heterocycles. The van der Waals surface area contributed by atoms with Crippen LogP contribution >= 0.6 is 11.3 Å². The van der Waals surface area contributed by atoms with Crippen LogP contribution in [0.1, 0.15) is 11.1 Å². The molecule has 9 heteroatoms. The van der Waals surface area contributed by atoms with Crippen LogP contribution in [-0.2, 0) is 6.54 Å². The van der Waals surface area contributed by atoms with Gasteiger partial charge in [0.15, 0.2) is 5.13 Å². The Bertz CT molecular complexity index is 1180. The lowest BCUT2D eigenvalue weighted by Gasteiger charge is -2.18. The average Bonchev–Trinajstić information content (AvgIpc) is 3.09. The smallest absolute Gasteiger partial charge is 0.349 e. The van der Waals surface area contributed by atoms with Gasteiger partial charge in [-0.3, -0.25) is 10.1 Å². The number of fused-ring (bicyclic) bond motifs is 1. The number of benzene rings is 2. The van der Waals surface area contributed by atoms with E-state index in [1.807, 2.05) is 55.5 Å². The molecule has 146 valence electrons. The Kier molecular flexibility index (Phi) is 5.05.